The Kier molecular flexibility index (Phi) is 5.74. The Morgan fingerprint density at radius 2 is 1.88 bits per heavy atom. The van der Waals surface area contributed by atoms with Crippen molar-refractivity contribution in [1.29, 1.82) is 0 Å². The summed E-state index contributed by atoms with van der Waals surface area (Å²) in [7, 11) is 0. The van der Waals surface area contributed by atoms with E-state index in [1.165, 1.54) is 17.7 Å². The quantitative estimate of drug-likeness (QED) is 0.664. The van der Waals surface area contributed by atoms with E-state index in [9.17, 15) is 4.39 Å². The van der Waals surface area contributed by atoms with Crippen molar-refractivity contribution < 1.29 is 4.39 Å². The first-order chi connectivity index (χ1) is 12.2. The molecule has 6 heteroatoms. The monoisotopic (exact) mass is 354 g/mol. The zero-order valence-electron chi connectivity index (χ0n) is 13.7. The van der Waals surface area contributed by atoms with Gasteiger partial charge in [0.1, 0.15) is 5.82 Å². The highest BCUT2D eigenvalue weighted by Crippen LogP contribution is 2.09. The highest BCUT2D eigenvalue weighted by molar-refractivity contribution is 7.80. The third-order valence-corrected chi connectivity index (χ3v) is 3.91. The number of aromatic nitrogens is 2. The van der Waals surface area contributed by atoms with Crippen LogP contribution >= 0.6 is 12.2 Å². The number of hydrogen-bond acceptors (Lipinski definition) is 2. The Morgan fingerprint density at radius 1 is 1.08 bits per heavy atom. The largest absolute Gasteiger partial charge is 0.362 e. The van der Waals surface area contributed by atoms with E-state index in [0.717, 1.165) is 24.2 Å². The molecule has 0 unspecified atom stereocenters. The van der Waals surface area contributed by atoms with Crippen LogP contribution in [-0.2, 0) is 13.0 Å². The van der Waals surface area contributed by atoms with Gasteiger partial charge in [-0.2, -0.15) is 5.10 Å². The predicted octanol–water partition coefficient (Wildman–Crippen LogP) is 3.60. The van der Waals surface area contributed by atoms with Gasteiger partial charge in [-0.15, -0.1) is 0 Å². The predicted molar refractivity (Wildman–Crippen MR) is 102 cm³/mol. The van der Waals surface area contributed by atoms with Crippen LogP contribution in [0.3, 0.4) is 0 Å². The summed E-state index contributed by atoms with van der Waals surface area (Å²) in [4.78, 5) is 0. The number of nitrogens with zero attached hydrogens (tertiary/aromatic N) is 2. The van der Waals surface area contributed by atoms with E-state index in [1.807, 2.05) is 30.5 Å². The maximum absolute atomic E-state index is 13.2. The molecule has 4 nitrogen and oxygen atoms in total. The van der Waals surface area contributed by atoms with Crippen molar-refractivity contribution in [3.8, 4) is 0 Å². The zero-order chi connectivity index (χ0) is 17.5. The summed E-state index contributed by atoms with van der Waals surface area (Å²) in [5.74, 6) is -0.244. The van der Waals surface area contributed by atoms with Gasteiger partial charge in [0.2, 0.25) is 0 Å². The lowest BCUT2D eigenvalue weighted by Crippen LogP contribution is -2.30. The Balaban J connectivity index is 1.46. The minimum absolute atomic E-state index is 0.244. The molecule has 0 fully saturated rings. The van der Waals surface area contributed by atoms with Gasteiger partial charge in [0.15, 0.2) is 5.11 Å². The third kappa shape index (κ3) is 5.39. The number of hydrogen-bond donors (Lipinski definition) is 2. The van der Waals surface area contributed by atoms with Gasteiger partial charge in [0.25, 0.3) is 0 Å². The smallest absolute Gasteiger partial charge is 0.170 e. The molecular formula is C19H19FN4S. The molecule has 0 amide bonds. The molecule has 2 N–H and O–H groups in total. The molecule has 3 aromatic rings. The molecule has 2 aromatic carbocycles. The first-order valence-electron chi connectivity index (χ1n) is 8.05. The van der Waals surface area contributed by atoms with E-state index in [2.05, 4.69) is 27.9 Å². The average molecular weight is 354 g/mol. The van der Waals surface area contributed by atoms with Crippen molar-refractivity contribution >= 4 is 23.0 Å². The van der Waals surface area contributed by atoms with Gasteiger partial charge < -0.3 is 10.6 Å². The van der Waals surface area contributed by atoms with Crippen molar-refractivity contribution in [2.75, 3.05) is 11.9 Å². The molecule has 0 atom stereocenters. The molecule has 1 aromatic heterocycles. The van der Waals surface area contributed by atoms with Crippen LogP contribution in [0.2, 0.25) is 0 Å². The topological polar surface area (TPSA) is 41.9 Å². The Morgan fingerprint density at radius 3 is 2.68 bits per heavy atom. The van der Waals surface area contributed by atoms with E-state index in [-0.39, 0.29) is 5.82 Å². The average Bonchev–Trinajstić information content (AvgIpc) is 3.02. The first-order valence-corrected chi connectivity index (χ1v) is 8.45. The van der Waals surface area contributed by atoms with Gasteiger partial charge >= 0.3 is 0 Å². The Labute approximate surface area is 151 Å². The van der Waals surface area contributed by atoms with Crippen molar-refractivity contribution in [3.05, 3.63) is 83.9 Å². The molecule has 0 saturated heterocycles. The van der Waals surface area contributed by atoms with Crippen LogP contribution in [-0.4, -0.2) is 21.4 Å². The van der Waals surface area contributed by atoms with E-state index < -0.39 is 0 Å². The standard InChI is InChI=1S/C19H19FN4S/c20-17-8-4-7-16(11-17)13-24-14-18(12-22-24)23-19(25)21-10-9-15-5-2-1-3-6-15/h1-8,11-12,14H,9-10,13H2,(H2,21,23,25). The van der Waals surface area contributed by atoms with Crippen molar-refractivity contribution in [2.45, 2.75) is 13.0 Å². The molecule has 0 spiro atoms. The summed E-state index contributed by atoms with van der Waals surface area (Å²) < 4.78 is 15.0. The fraction of sp³-hybridized carbons (Fsp3) is 0.158. The molecule has 0 radical (unpaired) electrons. The van der Waals surface area contributed by atoms with E-state index >= 15 is 0 Å². The van der Waals surface area contributed by atoms with E-state index in [1.54, 1.807) is 16.9 Å². The lowest BCUT2D eigenvalue weighted by atomic mass is 10.1. The lowest BCUT2D eigenvalue weighted by molar-refractivity contribution is 0.619. The van der Waals surface area contributed by atoms with Gasteiger partial charge in [0, 0.05) is 12.7 Å². The second-order valence-electron chi connectivity index (χ2n) is 5.67. The molecule has 0 aliphatic carbocycles. The van der Waals surface area contributed by atoms with Crippen LogP contribution in [0, 0.1) is 5.82 Å². The second kappa shape index (κ2) is 8.39. The molecular weight excluding hydrogens is 335 g/mol. The van der Waals surface area contributed by atoms with Gasteiger partial charge in [-0.05, 0) is 41.9 Å². The Hall–Kier alpha value is -2.73. The fourth-order valence-electron chi connectivity index (χ4n) is 2.48. The van der Waals surface area contributed by atoms with Crippen LogP contribution in [0.4, 0.5) is 10.1 Å². The maximum Gasteiger partial charge on any atom is 0.170 e. The zero-order valence-corrected chi connectivity index (χ0v) is 14.5. The SMILES string of the molecule is Fc1cccc(Cn2cc(NC(=S)NCCc3ccccc3)cn2)c1. The number of nitrogens with one attached hydrogen (secondary N) is 2. The molecule has 0 aliphatic rings. The highest BCUT2D eigenvalue weighted by Gasteiger charge is 2.03. The van der Waals surface area contributed by atoms with Crippen LogP contribution in [0.25, 0.3) is 0 Å². The normalized spacial score (nSPS) is 10.4. The number of halogens is 1. The molecule has 0 saturated carbocycles. The summed E-state index contributed by atoms with van der Waals surface area (Å²) in [6, 6.07) is 16.7. The molecule has 0 aliphatic heterocycles. The summed E-state index contributed by atoms with van der Waals surface area (Å²) in [6.45, 7) is 1.26. The summed E-state index contributed by atoms with van der Waals surface area (Å²) in [5.41, 5.74) is 2.92. The van der Waals surface area contributed by atoms with E-state index in [4.69, 9.17) is 12.2 Å². The number of rotatable bonds is 6. The third-order valence-electron chi connectivity index (χ3n) is 3.67. The molecule has 25 heavy (non-hydrogen) atoms. The molecule has 0 bridgehead atoms. The van der Waals surface area contributed by atoms with Crippen molar-refractivity contribution in [3.63, 3.8) is 0 Å². The minimum atomic E-state index is -0.244. The van der Waals surface area contributed by atoms with Crippen LogP contribution < -0.4 is 10.6 Å². The first kappa shape index (κ1) is 17.1. The summed E-state index contributed by atoms with van der Waals surface area (Å²) in [6.07, 6.45) is 4.45. The molecule has 1 heterocycles. The Bertz CT molecular complexity index is 832. The number of thiocarbonyl (C=S) groups is 1. The minimum Gasteiger partial charge on any atom is -0.362 e. The number of benzene rings is 2. The lowest BCUT2D eigenvalue weighted by Gasteiger charge is -2.08. The number of anilines is 1. The van der Waals surface area contributed by atoms with Crippen molar-refractivity contribution in [2.24, 2.45) is 0 Å². The van der Waals surface area contributed by atoms with Gasteiger partial charge in [-0.3, -0.25) is 4.68 Å². The fourth-order valence-corrected chi connectivity index (χ4v) is 2.70. The summed E-state index contributed by atoms with van der Waals surface area (Å²) in [5, 5.41) is 11.1. The van der Waals surface area contributed by atoms with Crippen LogP contribution in [0.5, 0.6) is 0 Å². The molecule has 3 rings (SSSR count). The highest BCUT2D eigenvalue weighted by atomic mass is 32.1. The van der Waals surface area contributed by atoms with Crippen LogP contribution in [0.15, 0.2) is 67.0 Å². The maximum atomic E-state index is 13.2. The van der Waals surface area contributed by atoms with Gasteiger partial charge in [-0.1, -0.05) is 42.5 Å². The van der Waals surface area contributed by atoms with Gasteiger partial charge in [0.05, 0.1) is 18.4 Å². The van der Waals surface area contributed by atoms with Gasteiger partial charge in [-0.25, -0.2) is 4.39 Å². The van der Waals surface area contributed by atoms with E-state index in [0.29, 0.717) is 11.7 Å². The summed E-state index contributed by atoms with van der Waals surface area (Å²) >= 11 is 5.30. The second-order valence-corrected chi connectivity index (χ2v) is 6.08. The molecule has 128 valence electrons. The van der Waals surface area contributed by atoms with Crippen LogP contribution in [0.1, 0.15) is 11.1 Å². The van der Waals surface area contributed by atoms with Crippen molar-refractivity contribution in [1.82, 2.24) is 15.1 Å².